The molecular weight excluding hydrogens is 338 g/mol. The van der Waals surface area contributed by atoms with Crippen LogP contribution in [-0.4, -0.2) is 10.2 Å². The highest BCUT2D eigenvalue weighted by atomic mass is 19.4. The molecule has 0 bridgehead atoms. The van der Waals surface area contributed by atoms with Crippen LogP contribution in [0.15, 0.2) is 48.5 Å². The number of aliphatic hydroxyl groups is 2. The third kappa shape index (κ3) is 3.70. The van der Waals surface area contributed by atoms with Gasteiger partial charge in [-0.1, -0.05) is 36.4 Å². The van der Waals surface area contributed by atoms with E-state index in [-0.39, 0.29) is 0 Å². The van der Waals surface area contributed by atoms with Gasteiger partial charge in [0.1, 0.15) is 12.2 Å². The van der Waals surface area contributed by atoms with Gasteiger partial charge < -0.3 is 10.2 Å². The molecule has 2 aromatic rings. The number of alkyl halides is 6. The van der Waals surface area contributed by atoms with Crippen LogP contribution in [0.5, 0.6) is 0 Å². The zero-order valence-corrected chi connectivity index (χ0v) is 11.9. The lowest BCUT2D eigenvalue weighted by molar-refractivity contribution is -0.142. The Bertz CT molecular complexity index is 647. The first-order valence-electron chi connectivity index (χ1n) is 6.72. The first kappa shape index (κ1) is 18.3. The summed E-state index contributed by atoms with van der Waals surface area (Å²) in [6.45, 7) is 0. The first-order valence-corrected chi connectivity index (χ1v) is 6.72. The van der Waals surface area contributed by atoms with E-state index in [9.17, 15) is 36.6 Å². The number of benzene rings is 2. The molecule has 0 fully saturated rings. The fraction of sp³-hybridized carbons (Fsp3) is 0.250. The van der Waals surface area contributed by atoms with Crippen molar-refractivity contribution in [1.29, 1.82) is 0 Å². The second kappa shape index (κ2) is 6.45. The van der Waals surface area contributed by atoms with Crippen molar-refractivity contribution in [3.05, 3.63) is 70.8 Å². The van der Waals surface area contributed by atoms with Crippen LogP contribution < -0.4 is 0 Å². The van der Waals surface area contributed by atoms with Gasteiger partial charge in [-0.15, -0.1) is 0 Å². The third-order valence-electron chi connectivity index (χ3n) is 3.47. The van der Waals surface area contributed by atoms with E-state index in [4.69, 9.17) is 0 Å². The molecule has 0 saturated carbocycles. The minimum absolute atomic E-state index is 0.681. The third-order valence-corrected chi connectivity index (χ3v) is 3.47. The van der Waals surface area contributed by atoms with Gasteiger partial charge in [-0.2, -0.15) is 26.3 Å². The highest BCUT2D eigenvalue weighted by Crippen LogP contribution is 2.41. The van der Waals surface area contributed by atoms with Crippen molar-refractivity contribution < 1.29 is 36.6 Å². The summed E-state index contributed by atoms with van der Waals surface area (Å²) in [4.78, 5) is 0. The molecule has 0 spiro atoms. The van der Waals surface area contributed by atoms with Gasteiger partial charge in [-0.3, -0.25) is 0 Å². The summed E-state index contributed by atoms with van der Waals surface area (Å²) < 4.78 is 77.8. The van der Waals surface area contributed by atoms with E-state index in [1.165, 1.54) is 12.1 Å². The highest BCUT2D eigenvalue weighted by molar-refractivity contribution is 5.37. The Kier molecular flexibility index (Phi) is 4.91. The molecule has 0 saturated heterocycles. The molecule has 2 atom stereocenters. The van der Waals surface area contributed by atoms with Crippen LogP contribution in [0.1, 0.15) is 34.5 Å². The van der Waals surface area contributed by atoms with E-state index in [2.05, 4.69) is 0 Å². The van der Waals surface area contributed by atoms with Gasteiger partial charge in [0, 0.05) is 0 Å². The van der Waals surface area contributed by atoms with Crippen LogP contribution in [0.4, 0.5) is 26.3 Å². The highest BCUT2D eigenvalue weighted by Gasteiger charge is 2.39. The molecule has 24 heavy (non-hydrogen) atoms. The average Bonchev–Trinajstić information content (AvgIpc) is 2.52. The Morgan fingerprint density at radius 2 is 0.875 bits per heavy atom. The second-order valence-corrected chi connectivity index (χ2v) is 5.06. The number of hydrogen-bond donors (Lipinski definition) is 2. The van der Waals surface area contributed by atoms with Gasteiger partial charge in [0.05, 0.1) is 11.1 Å². The molecule has 2 rings (SSSR count). The summed E-state index contributed by atoms with van der Waals surface area (Å²) in [7, 11) is 0. The standard InChI is InChI=1S/C16H12F6O2/c17-15(18,19)11-7-3-1-5-9(11)13(23)14(24)10-6-2-4-8-12(10)16(20,21)22/h1-8,13-14,23-24H/t13-,14+. The van der Waals surface area contributed by atoms with Crippen LogP contribution in [0, 0.1) is 0 Å². The molecule has 0 unspecified atom stereocenters. The number of hydrogen-bond acceptors (Lipinski definition) is 2. The van der Waals surface area contributed by atoms with Crippen molar-refractivity contribution in [1.82, 2.24) is 0 Å². The lowest BCUT2D eigenvalue weighted by Gasteiger charge is -2.24. The Balaban J connectivity index is 2.48. The number of rotatable bonds is 3. The van der Waals surface area contributed by atoms with E-state index in [0.29, 0.717) is 12.1 Å². The molecule has 2 nitrogen and oxygen atoms in total. The zero-order valence-electron chi connectivity index (χ0n) is 11.9. The van der Waals surface area contributed by atoms with Gasteiger partial charge in [-0.05, 0) is 23.3 Å². The van der Waals surface area contributed by atoms with Gasteiger partial charge in [0.25, 0.3) is 0 Å². The summed E-state index contributed by atoms with van der Waals surface area (Å²) in [6.07, 6.45) is -14.0. The van der Waals surface area contributed by atoms with Crippen molar-refractivity contribution in [3.63, 3.8) is 0 Å². The average molecular weight is 350 g/mol. The Morgan fingerprint density at radius 1 is 0.583 bits per heavy atom. The summed E-state index contributed by atoms with van der Waals surface area (Å²) >= 11 is 0. The lowest BCUT2D eigenvalue weighted by atomic mass is 9.92. The molecule has 2 N–H and O–H groups in total. The molecule has 2 aromatic carbocycles. The smallest absolute Gasteiger partial charge is 0.385 e. The lowest BCUT2D eigenvalue weighted by Crippen LogP contribution is -2.19. The fourth-order valence-corrected chi connectivity index (χ4v) is 2.37. The maximum atomic E-state index is 13.0. The van der Waals surface area contributed by atoms with Crippen molar-refractivity contribution in [2.24, 2.45) is 0 Å². The molecular formula is C16H12F6O2. The molecule has 0 aliphatic heterocycles. The topological polar surface area (TPSA) is 40.5 Å². The predicted molar refractivity (Wildman–Crippen MR) is 72.8 cm³/mol. The summed E-state index contributed by atoms with van der Waals surface area (Å²) in [5.74, 6) is 0. The van der Waals surface area contributed by atoms with E-state index in [0.717, 1.165) is 24.3 Å². The van der Waals surface area contributed by atoms with Gasteiger partial charge >= 0.3 is 12.4 Å². The molecule has 0 amide bonds. The molecule has 0 radical (unpaired) electrons. The summed E-state index contributed by atoms with van der Waals surface area (Å²) in [5.41, 5.74) is -3.84. The molecule has 8 heteroatoms. The quantitative estimate of drug-likeness (QED) is 0.801. The maximum absolute atomic E-state index is 13.0. The molecule has 0 heterocycles. The molecule has 0 aromatic heterocycles. The Hall–Kier alpha value is -2.06. The zero-order chi connectivity index (χ0) is 18.1. The van der Waals surface area contributed by atoms with E-state index in [1.807, 2.05) is 0 Å². The summed E-state index contributed by atoms with van der Waals surface area (Å²) in [6, 6.07) is 7.72. The van der Waals surface area contributed by atoms with Gasteiger partial charge in [0.2, 0.25) is 0 Å². The first-order chi connectivity index (χ1) is 11.0. The number of halogens is 6. The Labute approximate surface area is 133 Å². The van der Waals surface area contributed by atoms with Crippen LogP contribution in [0.25, 0.3) is 0 Å². The van der Waals surface area contributed by atoms with Crippen molar-refractivity contribution in [2.75, 3.05) is 0 Å². The van der Waals surface area contributed by atoms with E-state index >= 15 is 0 Å². The monoisotopic (exact) mass is 350 g/mol. The minimum atomic E-state index is -4.82. The molecule has 130 valence electrons. The van der Waals surface area contributed by atoms with Crippen LogP contribution in [0.2, 0.25) is 0 Å². The second-order valence-electron chi connectivity index (χ2n) is 5.06. The minimum Gasteiger partial charge on any atom is -0.385 e. The van der Waals surface area contributed by atoms with Crippen molar-refractivity contribution in [3.8, 4) is 0 Å². The molecule has 0 aliphatic carbocycles. The SMILES string of the molecule is O[C@H](c1ccccc1C(F)(F)F)[C@@H](O)c1ccccc1C(F)(F)F. The largest absolute Gasteiger partial charge is 0.416 e. The van der Waals surface area contributed by atoms with Gasteiger partial charge in [0.15, 0.2) is 0 Å². The van der Waals surface area contributed by atoms with Crippen LogP contribution in [-0.2, 0) is 12.4 Å². The van der Waals surface area contributed by atoms with Crippen LogP contribution >= 0.6 is 0 Å². The van der Waals surface area contributed by atoms with Crippen molar-refractivity contribution >= 4 is 0 Å². The van der Waals surface area contributed by atoms with Gasteiger partial charge in [-0.25, -0.2) is 0 Å². The van der Waals surface area contributed by atoms with Crippen LogP contribution in [0.3, 0.4) is 0 Å². The number of aliphatic hydroxyl groups excluding tert-OH is 2. The van der Waals surface area contributed by atoms with E-state index in [1.54, 1.807) is 0 Å². The predicted octanol–water partition coefficient (Wildman–Crippen LogP) is 4.49. The Morgan fingerprint density at radius 3 is 1.17 bits per heavy atom. The van der Waals surface area contributed by atoms with Crippen molar-refractivity contribution in [2.45, 2.75) is 24.6 Å². The maximum Gasteiger partial charge on any atom is 0.416 e. The van der Waals surface area contributed by atoms with E-state index < -0.39 is 46.8 Å². The summed E-state index contributed by atoms with van der Waals surface area (Å²) in [5, 5.41) is 20.1. The molecule has 0 aliphatic rings. The normalized spacial score (nSPS) is 15.2. The fourth-order valence-electron chi connectivity index (χ4n) is 2.37.